The Hall–Kier alpha value is -3.84. The van der Waals surface area contributed by atoms with Gasteiger partial charge in [-0.15, -0.1) is 0 Å². The molecular weight excluding hydrogens is 504 g/mol. The molecule has 4 heterocycles. The van der Waals surface area contributed by atoms with Crippen LogP contribution in [0.15, 0.2) is 12.3 Å². The second-order valence-electron chi connectivity index (χ2n) is 10.5. The maximum atomic E-state index is 12.4. The summed E-state index contributed by atoms with van der Waals surface area (Å²) in [5, 5.41) is 9.03. The van der Waals surface area contributed by atoms with Crippen LogP contribution in [0.4, 0.5) is 22.2 Å². The summed E-state index contributed by atoms with van der Waals surface area (Å²) < 4.78 is 10.7. The molecule has 3 N–H and O–H groups in total. The number of aryl methyl sites for hydroxylation is 1. The maximum absolute atomic E-state index is 12.4. The van der Waals surface area contributed by atoms with Crippen LogP contribution in [0, 0.1) is 12.8 Å². The summed E-state index contributed by atoms with van der Waals surface area (Å²) in [6, 6.07) is 1.70. The molecule has 1 fully saturated rings. The Balaban J connectivity index is 1.08. The lowest BCUT2D eigenvalue weighted by Gasteiger charge is -2.19. The summed E-state index contributed by atoms with van der Waals surface area (Å²) in [5.41, 5.74) is 3.45. The van der Waals surface area contributed by atoms with Gasteiger partial charge in [0.15, 0.2) is 18.2 Å². The quantitative estimate of drug-likeness (QED) is 0.396. The van der Waals surface area contributed by atoms with Crippen molar-refractivity contribution < 1.29 is 23.9 Å². The highest BCUT2D eigenvalue weighted by atomic mass is 16.6. The van der Waals surface area contributed by atoms with Crippen molar-refractivity contribution in [3.05, 3.63) is 29.1 Å². The van der Waals surface area contributed by atoms with Crippen molar-refractivity contribution in [3.63, 3.8) is 0 Å². The number of carbonyl (C=O) groups is 3. The molecule has 208 valence electrons. The topological polar surface area (TPSA) is 151 Å². The average Bonchev–Trinajstić information content (AvgIpc) is 3.48. The molecule has 2 aliphatic heterocycles. The highest BCUT2D eigenvalue weighted by Gasteiger charge is 2.34. The van der Waals surface area contributed by atoms with Gasteiger partial charge in [-0.2, -0.15) is 0 Å². The highest BCUT2D eigenvalue weighted by molar-refractivity contribution is 5.95. The summed E-state index contributed by atoms with van der Waals surface area (Å²) in [7, 11) is 3.74. The van der Waals surface area contributed by atoms with Crippen LogP contribution in [-0.4, -0.2) is 90.2 Å². The summed E-state index contributed by atoms with van der Waals surface area (Å²) in [6.07, 6.45) is 3.09. The largest absolute Gasteiger partial charge is 0.465 e. The molecular formula is C26H34N8O5. The maximum Gasteiger partial charge on any atom is 0.415 e. The van der Waals surface area contributed by atoms with E-state index in [1.807, 2.05) is 32.0 Å². The van der Waals surface area contributed by atoms with Crippen LogP contribution in [0.5, 0.6) is 5.88 Å². The molecule has 39 heavy (non-hydrogen) atoms. The van der Waals surface area contributed by atoms with Crippen molar-refractivity contribution in [1.82, 2.24) is 25.2 Å². The molecule has 0 saturated carbocycles. The number of anilines is 3. The second-order valence-corrected chi connectivity index (χ2v) is 10.5. The summed E-state index contributed by atoms with van der Waals surface area (Å²) in [6.45, 7) is 5.67. The van der Waals surface area contributed by atoms with Gasteiger partial charge in [0.05, 0.1) is 18.8 Å². The predicted octanol–water partition coefficient (Wildman–Crippen LogP) is 1.12. The van der Waals surface area contributed by atoms with Gasteiger partial charge in [-0.1, -0.05) is 0 Å². The zero-order chi connectivity index (χ0) is 27.7. The van der Waals surface area contributed by atoms with Crippen LogP contribution in [0.2, 0.25) is 0 Å². The van der Waals surface area contributed by atoms with Crippen molar-refractivity contribution in [2.45, 2.75) is 45.3 Å². The van der Waals surface area contributed by atoms with Gasteiger partial charge < -0.3 is 25.4 Å². The molecule has 3 amide bonds. The zero-order valence-electron chi connectivity index (χ0n) is 22.6. The molecule has 2 aromatic rings. The van der Waals surface area contributed by atoms with E-state index in [1.54, 1.807) is 0 Å². The number of ether oxygens (including phenoxy) is 2. The van der Waals surface area contributed by atoms with Gasteiger partial charge in [-0.05, 0) is 83.4 Å². The van der Waals surface area contributed by atoms with Gasteiger partial charge in [-0.3, -0.25) is 19.4 Å². The standard InChI is InChI=1S/C26H34N8O5/c1-14-7-20(30-24(36)15(2)33(3)4)29-19-9-16(8-18(14)19)10-27-6-5-17-12-34(26(37)39-17)21-11-28-25-23(31-21)32-22(35)13-38-25/h7,11,15-17,27H,5-6,8-10,12-13H2,1-4H3,(H,29,30,36)(H,31,32,35). The molecule has 13 heteroatoms. The molecule has 3 unspecified atom stereocenters. The van der Waals surface area contributed by atoms with Crippen LogP contribution in [0.3, 0.4) is 0 Å². The van der Waals surface area contributed by atoms with Crippen LogP contribution in [-0.2, 0) is 27.2 Å². The third-order valence-corrected chi connectivity index (χ3v) is 7.36. The van der Waals surface area contributed by atoms with Crippen molar-refractivity contribution in [2.24, 2.45) is 5.92 Å². The molecule has 13 nitrogen and oxygen atoms in total. The Morgan fingerprint density at radius 3 is 2.90 bits per heavy atom. The minimum absolute atomic E-state index is 0.0753. The molecule has 5 rings (SSSR count). The van der Waals surface area contributed by atoms with E-state index < -0.39 is 6.09 Å². The summed E-state index contributed by atoms with van der Waals surface area (Å²) in [5.74, 6) is 1.34. The SMILES string of the molecule is Cc1cc(NC(=O)C(C)N(C)C)nc2c1CC(CNCCC1CN(c3cnc4c(n3)NC(=O)CO4)C(=O)O1)C2. The van der Waals surface area contributed by atoms with Gasteiger partial charge in [0.1, 0.15) is 11.9 Å². The first kappa shape index (κ1) is 26.8. The van der Waals surface area contributed by atoms with Gasteiger partial charge in [0.2, 0.25) is 5.91 Å². The molecule has 0 aromatic carbocycles. The van der Waals surface area contributed by atoms with E-state index in [0.29, 0.717) is 37.1 Å². The van der Waals surface area contributed by atoms with Crippen LogP contribution in [0.25, 0.3) is 0 Å². The lowest BCUT2D eigenvalue weighted by molar-refractivity contribution is -0.120. The Morgan fingerprint density at radius 2 is 2.10 bits per heavy atom. The van der Waals surface area contributed by atoms with E-state index >= 15 is 0 Å². The molecule has 3 atom stereocenters. The molecule has 3 aliphatic rings. The van der Waals surface area contributed by atoms with E-state index in [2.05, 4.69) is 32.8 Å². The zero-order valence-corrected chi connectivity index (χ0v) is 22.6. The normalized spacial score (nSPS) is 20.7. The average molecular weight is 539 g/mol. The first-order valence-electron chi connectivity index (χ1n) is 13.1. The number of pyridine rings is 1. The van der Waals surface area contributed by atoms with E-state index in [4.69, 9.17) is 14.5 Å². The number of aromatic nitrogens is 3. The lowest BCUT2D eigenvalue weighted by atomic mass is 10.0. The van der Waals surface area contributed by atoms with E-state index in [9.17, 15) is 14.4 Å². The van der Waals surface area contributed by atoms with E-state index in [0.717, 1.165) is 30.6 Å². The number of fused-ring (bicyclic) bond motifs is 2. The number of nitrogens with one attached hydrogen (secondary N) is 3. The molecule has 0 radical (unpaired) electrons. The minimum Gasteiger partial charge on any atom is -0.465 e. The number of carbonyl (C=O) groups excluding carboxylic acids is 3. The number of rotatable bonds is 9. The third-order valence-electron chi connectivity index (χ3n) is 7.36. The molecule has 0 spiro atoms. The van der Waals surface area contributed by atoms with Crippen molar-refractivity contribution in [1.29, 1.82) is 0 Å². The first-order valence-corrected chi connectivity index (χ1v) is 13.1. The predicted molar refractivity (Wildman–Crippen MR) is 143 cm³/mol. The van der Waals surface area contributed by atoms with Gasteiger partial charge >= 0.3 is 6.09 Å². The molecule has 1 saturated heterocycles. The molecule has 1 aliphatic carbocycles. The Bertz CT molecular complexity index is 1290. The fourth-order valence-corrected chi connectivity index (χ4v) is 4.94. The lowest BCUT2D eigenvalue weighted by Crippen LogP contribution is -2.37. The van der Waals surface area contributed by atoms with Gasteiger partial charge in [-0.25, -0.2) is 19.7 Å². The highest BCUT2D eigenvalue weighted by Crippen LogP contribution is 2.30. The number of amides is 3. The summed E-state index contributed by atoms with van der Waals surface area (Å²) in [4.78, 5) is 52.9. The number of nitrogens with zero attached hydrogens (tertiary/aromatic N) is 5. The second kappa shape index (κ2) is 11.1. The smallest absolute Gasteiger partial charge is 0.415 e. The number of likely N-dealkylation sites (N-methyl/N-ethyl adjacent to an activating group) is 1. The third kappa shape index (κ3) is 5.93. The number of hydrogen-bond acceptors (Lipinski definition) is 10. The Kier molecular flexibility index (Phi) is 7.62. The van der Waals surface area contributed by atoms with Crippen molar-refractivity contribution in [2.75, 3.05) is 55.9 Å². The van der Waals surface area contributed by atoms with Gasteiger partial charge in [0, 0.05) is 5.69 Å². The van der Waals surface area contributed by atoms with E-state index in [-0.39, 0.29) is 42.3 Å². The van der Waals surface area contributed by atoms with E-state index in [1.165, 1.54) is 16.7 Å². The number of cyclic esters (lactones) is 1. The fraction of sp³-hybridized carbons (Fsp3) is 0.538. The molecule has 2 aromatic heterocycles. The van der Waals surface area contributed by atoms with Crippen molar-refractivity contribution in [3.8, 4) is 5.88 Å². The molecule has 0 bridgehead atoms. The Morgan fingerprint density at radius 1 is 1.28 bits per heavy atom. The fourth-order valence-electron chi connectivity index (χ4n) is 4.94. The van der Waals surface area contributed by atoms with Crippen LogP contribution < -0.4 is 25.6 Å². The minimum atomic E-state index is -0.493. The van der Waals surface area contributed by atoms with Crippen LogP contribution >= 0.6 is 0 Å². The van der Waals surface area contributed by atoms with Crippen molar-refractivity contribution >= 4 is 35.4 Å². The number of hydrogen-bond donors (Lipinski definition) is 3. The van der Waals surface area contributed by atoms with Gasteiger partial charge in [0.25, 0.3) is 11.8 Å². The van der Waals surface area contributed by atoms with Crippen LogP contribution in [0.1, 0.15) is 30.2 Å². The summed E-state index contributed by atoms with van der Waals surface area (Å²) >= 11 is 0. The Labute approximate surface area is 226 Å². The monoisotopic (exact) mass is 538 g/mol. The first-order chi connectivity index (χ1) is 18.7.